The highest BCUT2D eigenvalue weighted by Crippen LogP contribution is 2.31. The lowest BCUT2D eigenvalue weighted by atomic mass is 9.94. The lowest BCUT2D eigenvalue weighted by Gasteiger charge is -2.33. The molecule has 0 radical (unpaired) electrons. The Kier molecular flexibility index (Phi) is 6.63. The summed E-state index contributed by atoms with van der Waals surface area (Å²) in [6.07, 6.45) is 3.30. The van der Waals surface area contributed by atoms with Gasteiger partial charge in [0.15, 0.2) is 0 Å². The van der Waals surface area contributed by atoms with E-state index in [0.717, 1.165) is 18.4 Å². The van der Waals surface area contributed by atoms with Gasteiger partial charge in [0, 0.05) is 25.1 Å². The van der Waals surface area contributed by atoms with Crippen molar-refractivity contribution in [3.8, 4) is 0 Å². The third kappa shape index (κ3) is 4.68. The smallest absolute Gasteiger partial charge is 0.292 e. The molecule has 0 bridgehead atoms. The van der Waals surface area contributed by atoms with E-state index in [9.17, 15) is 14.9 Å². The van der Waals surface area contributed by atoms with Crippen molar-refractivity contribution in [2.24, 2.45) is 5.92 Å². The highest BCUT2D eigenvalue weighted by Gasteiger charge is 2.29. The molecule has 2 aromatic rings. The fraction of sp³-hybridized carbons (Fsp3) is 0.409. The lowest BCUT2D eigenvalue weighted by molar-refractivity contribution is -0.384. The van der Waals surface area contributed by atoms with Crippen LogP contribution in [0.25, 0.3) is 0 Å². The number of benzene rings is 2. The minimum atomic E-state index is -0.344. The van der Waals surface area contributed by atoms with Crippen LogP contribution in [-0.2, 0) is 4.79 Å². The highest BCUT2D eigenvalue weighted by atomic mass is 16.6. The Labute approximate surface area is 165 Å². The van der Waals surface area contributed by atoms with Crippen LogP contribution in [0.3, 0.4) is 0 Å². The zero-order valence-electron chi connectivity index (χ0n) is 16.2. The van der Waals surface area contributed by atoms with Crippen LogP contribution in [0.1, 0.15) is 44.2 Å². The van der Waals surface area contributed by atoms with E-state index in [-0.39, 0.29) is 28.5 Å². The Morgan fingerprint density at radius 1 is 1.14 bits per heavy atom. The number of anilines is 1. The fourth-order valence-corrected chi connectivity index (χ4v) is 3.85. The molecule has 0 unspecified atom stereocenters. The molecule has 0 aromatic heterocycles. The van der Waals surface area contributed by atoms with E-state index in [1.54, 1.807) is 12.1 Å². The highest BCUT2D eigenvalue weighted by molar-refractivity contribution is 5.79. The van der Waals surface area contributed by atoms with Gasteiger partial charge in [-0.2, -0.15) is 0 Å². The summed E-state index contributed by atoms with van der Waals surface area (Å²) in [4.78, 5) is 25.8. The third-order valence-electron chi connectivity index (χ3n) is 5.38. The van der Waals surface area contributed by atoms with E-state index in [0.29, 0.717) is 31.6 Å². The van der Waals surface area contributed by atoms with Gasteiger partial charge in [0.05, 0.1) is 11.0 Å². The maximum atomic E-state index is 12.8. The lowest BCUT2D eigenvalue weighted by Crippen LogP contribution is -2.41. The molecule has 1 heterocycles. The summed E-state index contributed by atoms with van der Waals surface area (Å²) < 4.78 is 0. The summed E-state index contributed by atoms with van der Waals surface area (Å²) in [7, 11) is 0. The SMILES string of the molecule is CCC[C@@H](NC(=O)C1CCN(c2ccccc2[N+](=O)[O-])CC1)c1ccccc1. The van der Waals surface area contributed by atoms with Gasteiger partial charge >= 0.3 is 0 Å². The zero-order valence-corrected chi connectivity index (χ0v) is 16.2. The largest absolute Gasteiger partial charge is 0.366 e. The van der Waals surface area contributed by atoms with Crippen molar-refractivity contribution in [2.45, 2.75) is 38.6 Å². The van der Waals surface area contributed by atoms with Crippen LogP contribution in [-0.4, -0.2) is 23.9 Å². The van der Waals surface area contributed by atoms with Crippen molar-refractivity contribution in [3.63, 3.8) is 0 Å². The number of hydrogen-bond donors (Lipinski definition) is 1. The van der Waals surface area contributed by atoms with Gasteiger partial charge in [-0.05, 0) is 30.9 Å². The van der Waals surface area contributed by atoms with Crippen molar-refractivity contribution in [2.75, 3.05) is 18.0 Å². The van der Waals surface area contributed by atoms with Gasteiger partial charge < -0.3 is 10.2 Å². The molecule has 1 aliphatic heterocycles. The van der Waals surface area contributed by atoms with Crippen LogP contribution in [0.4, 0.5) is 11.4 Å². The number of carbonyl (C=O) groups excluding carboxylic acids is 1. The minimum Gasteiger partial charge on any atom is -0.366 e. The van der Waals surface area contributed by atoms with Crippen molar-refractivity contribution < 1.29 is 9.72 Å². The monoisotopic (exact) mass is 381 g/mol. The number of nitro groups is 1. The van der Waals surface area contributed by atoms with Crippen molar-refractivity contribution >= 4 is 17.3 Å². The number of nitrogens with zero attached hydrogens (tertiary/aromatic N) is 2. The second-order valence-corrected chi connectivity index (χ2v) is 7.27. The molecule has 1 fully saturated rings. The molecule has 0 aliphatic carbocycles. The summed E-state index contributed by atoms with van der Waals surface area (Å²) in [5.41, 5.74) is 1.90. The Bertz CT molecular complexity index is 802. The van der Waals surface area contributed by atoms with Crippen LogP contribution in [0, 0.1) is 16.0 Å². The normalized spacial score (nSPS) is 15.8. The number of nitrogens with one attached hydrogen (secondary N) is 1. The van der Waals surface area contributed by atoms with Gasteiger partial charge in [0.2, 0.25) is 5.91 Å². The van der Waals surface area contributed by atoms with Gasteiger partial charge in [-0.1, -0.05) is 55.8 Å². The minimum absolute atomic E-state index is 0.0342. The quantitative estimate of drug-likeness (QED) is 0.567. The maximum absolute atomic E-state index is 12.8. The third-order valence-corrected chi connectivity index (χ3v) is 5.38. The second kappa shape index (κ2) is 9.35. The molecule has 0 spiro atoms. The van der Waals surface area contributed by atoms with Crippen LogP contribution in [0.2, 0.25) is 0 Å². The topological polar surface area (TPSA) is 75.5 Å². The van der Waals surface area contributed by atoms with Gasteiger partial charge in [0.1, 0.15) is 5.69 Å². The summed E-state index contributed by atoms with van der Waals surface area (Å²) in [5, 5.41) is 14.5. The zero-order chi connectivity index (χ0) is 19.9. The van der Waals surface area contributed by atoms with Crippen LogP contribution in [0.5, 0.6) is 0 Å². The first-order valence-corrected chi connectivity index (χ1v) is 9.93. The molecule has 1 atom stereocenters. The number of amides is 1. The molecule has 2 aromatic carbocycles. The molecular weight excluding hydrogens is 354 g/mol. The van der Waals surface area contributed by atoms with Gasteiger partial charge in [-0.25, -0.2) is 0 Å². The molecular formula is C22H27N3O3. The van der Waals surface area contributed by atoms with Crippen LogP contribution >= 0.6 is 0 Å². The number of nitro benzene ring substituents is 1. The van der Waals surface area contributed by atoms with Crippen molar-refractivity contribution in [1.82, 2.24) is 5.32 Å². The Hall–Kier alpha value is -2.89. The molecule has 6 nitrogen and oxygen atoms in total. The molecule has 1 aliphatic rings. The van der Waals surface area contributed by atoms with Gasteiger partial charge in [-0.15, -0.1) is 0 Å². The van der Waals surface area contributed by atoms with E-state index in [2.05, 4.69) is 24.4 Å². The Morgan fingerprint density at radius 3 is 2.43 bits per heavy atom. The summed E-state index contributed by atoms with van der Waals surface area (Å²) in [5.74, 6) is 0.0339. The van der Waals surface area contributed by atoms with E-state index in [1.807, 2.05) is 29.2 Å². The first kappa shape index (κ1) is 19.9. The standard InChI is InChI=1S/C22H27N3O3/c1-2-8-19(17-9-4-3-5-10-17)23-22(26)18-13-15-24(16-14-18)20-11-6-7-12-21(20)25(27)28/h3-7,9-12,18-19H,2,8,13-16H2,1H3,(H,23,26)/t19-/m1/s1. The predicted molar refractivity (Wildman–Crippen MR) is 110 cm³/mol. The fourth-order valence-electron chi connectivity index (χ4n) is 3.85. The van der Waals surface area contributed by atoms with Gasteiger partial charge in [0.25, 0.3) is 5.69 Å². The van der Waals surface area contributed by atoms with Crippen molar-refractivity contribution in [1.29, 1.82) is 0 Å². The molecule has 0 saturated carbocycles. The summed E-state index contributed by atoms with van der Waals surface area (Å²) in [6, 6.07) is 16.9. The number of hydrogen-bond acceptors (Lipinski definition) is 4. The molecule has 1 N–H and O–H groups in total. The van der Waals surface area contributed by atoms with Gasteiger partial charge in [-0.3, -0.25) is 14.9 Å². The number of piperidine rings is 1. The second-order valence-electron chi connectivity index (χ2n) is 7.27. The molecule has 3 rings (SSSR count). The van der Waals surface area contributed by atoms with Crippen LogP contribution < -0.4 is 10.2 Å². The number of carbonyl (C=O) groups is 1. The first-order chi connectivity index (χ1) is 13.6. The molecule has 1 saturated heterocycles. The van der Waals surface area contributed by atoms with Crippen LogP contribution in [0.15, 0.2) is 54.6 Å². The Balaban J connectivity index is 1.61. The summed E-state index contributed by atoms with van der Waals surface area (Å²) in [6.45, 7) is 3.41. The van der Waals surface area contributed by atoms with E-state index < -0.39 is 0 Å². The van der Waals surface area contributed by atoms with E-state index in [4.69, 9.17) is 0 Å². The average molecular weight is 381 g/mol. The molecule has 1 amide bonds. The van der Waals surface area contributed by atoms with Crippen molar-refractivity contribution in [3.05, 3.63) is 70.3 Å². The molecule has 28 heavy (non-hydrogen) atoms. The maximum Gasteiger partial charge on any atom is 0.292 e. The summed E-state index contributed by atoms with van der Waals surface area (Å²) >= 11 is 0. The first-order valence-electron chi connectivity index (χ1n) is 9.93. The molecule has 148 valence electrons. The van der Waals surface area contributed by atoms with E-state index in [1.165, 1.54) is 6.07 Å². The number of para-hydroxylation sites is 2. The predicted octanol–water partition coefficient (Wildman–Crippen LogP) is 4.47. The molecule has 6 heteroatoms. The average Bonchev–Trinajstić information content (AvgIpc) is 2.74. The Morgan fingerprint density at radius 2 is 1.79 bits per heavy atom. The van der Waals surface area contributed by atoms with E-state index >= 15 is 0 Å². The number of rotatable bonds is 7.